The number of esters is 3. The zero-order valence-corrected chi connectivity index (χ0v) is 47.3. The summed E-state index contributed by atoms with van der Waals surface area (Å²) in [6.07, 6.45) is 58.9. The van der Waals surface area contributed by atoms with Gasteiger partial charge in [-0.2, -0.15) is 0 Å². The zero-order chi connectivity index (χ0) is 50.7. The molecular formula is C61H120O6. The van der Waals surface area contributed by atoms with Crippen molar-refractivity contribution in [2.24, 2.45) is 0 Å². The van der Waals surface area contributed by atoms with Gasteiger partial charge in [-0.15, -0.1) is 0 Å². The molecule has 400 valence electrons. The van der Waals surface area contributed by atoms with E-state index in [1.807, 2.05) is 41.5 Å². The third-order valence-corrected chi connectivity index (χ3v) is 11.4. The first-order chi connectivity index (χ1) is 32.4. The van der Waals surface area contributed by atoms with Crippen molar-refractivity contribution in [1.82, 2.24) is 0 Å². The molecule has 0 amide bonds. The highest BCUT2D eigenvalue weighted by molar-refractivity contribution is 5.70. The molecule has 0 N–H and O–H groups in total. The molecule has 0 atom stereocenters. The van der Waals surface area contributed by atoms with Crippen molar-refractivity contribution < 1.29 is 28.6 Å². The van der Waals surface area contributed by atoms with Gasteiger partial charge in [0.25, 0.3) is 0 Å². The molecule has 0 aliphatic heterocycles. The smallest absolute Gasteiger partial charge is 0.306 e. The molecular weight excluding hydrogens is 829 g/mol. The maximum atomic E-state index is 11.3. The predicted molar refractivity (Wildman–Crippen MR) is 295 cm³/mol. The third kappa shape index (κ3) is 78.3. The molecule has 6 heteroatoms. The van der Waals surface area contributed by atoms with Crippen molar-refractivity contribution in [2.45, 2.75) is 351 Å². The molecule has 0 aliphatic rings. The van der Waals surface area contributed by atoms with Gasteiger partial charge in [0.05, 0.1) is 18.3 Å². The number of ether oxygens (including phenoxy) is 3. The van der Waals surface area contributed by atoms with Crippen LogP contribution in [0.2, 0.25) is 0 Å². The summed E-state index contributed by atoms with van der Waals surface area (Å²) in [6.45, 7) is 22.5. The fourth-order valence-electron chi connectivity index (χ4n) is 7.49. The van der Waals surface area contributed by atoms with Crippen LogP contribution in [-0.2, 0) is 28.6 Å². The summed E-state index contributed by atoms with van der Waals surface area (Å²) in [6, 6.07) is 0. The highest BCUT2D eigenvalue weighted by Crippen LogP contribution is 2.15. The Balaban J connectivity index is -0.000000406. The Morgan fingerprint density at radius 2 is 0.522 bits per heavy atom. The fraction of sp³-hybridized carbons (Fsp3) is 0.885. The van der Waals surface area contributed by atoms with Crippen LogP contribution < -0.4 is 0 Å². The van der Waals surface area contributed by atoms with Gasteiger partial charge in [-0.25, -0.2) is 0 Å². The molecule has 0 saturated heterocycles. The number of carbonyl (C=O) groups excluding carboxylic acids is 3. The van der Waals surface area contributed by atoms with Crippen LogP contribution in [0, 0.1) is 0 Å². The monoisotopic (exact) mass is 949 g/mol. The number of hydrogen-bond donors (Lipinski definition) is 0. The van der Waals surface area contributed by atoms with Crippen molar-refractivity contribution in [1.29, 1.82) is 0 Å². The SMILES string of the molecule is CCC=CCC=CCCC.CCCCCCCCCCCC(=O)OC(C)C.CCCCCCCCCCCCCC(=O)OC(C)C.CCCCCCCCCCCCCCCC(=O)OC(C)C. The van der Waals surface area contributed by atoms with Crippen LogP contribution in [0.1, 0.15) is 333 Å². The van der Waals surface area contributed by atoms with E-state index in [0.717, 1.165) is 32.1 Å². The van der Waals surface area contributed by atoms with Crippen molar-refractivity contribution in [2.75, 3.05) is 0 Å². The minimum atomic E-state index is -0.0389. The Morgan fingerprint density at radius 3 is 0.731 bits per heavy atom. The molecule has 0 saturated carbocycles. The molecule has 0 radical (unpaired) electrons. The summed E-state index contributed by atoms with van der Waals surface area (Å²) < 4.78 is 15.3. The molecule has 0 aromatic heterocycles. The standard InChI is InChI=1S/C19H38O2.C17H34O2.C15H30O2.C10H18/c1-4-5-6-7-8-9-10-11-12-13-14-15-16-17-19(20)21-18(2)3;1-4-5-6-7-8-9-10-11-12-13-14-15-17(18)19-16(2)3;1-4-5-6-7-8-9-10-11-12-13-15(16)17-14(2)3;1-3-5-7-9-10-8-6-4-2/h18H,4-17H2,1-3H3;16H,4-15H2,1-3H3;14H,4-13H2,1-3H3;5,7-8,10H,3-4,6,9H2,1-2H3. The van der Waals surface area contributed by atoms with Crippen molar-refractivity contribution in [3.63, 3.8) is 0 Å². The predicted octanol–water partition coefficient (Wildman–Crippen LogP) is 20.6. The average molecular weight is 950 g/mol. The molecule has 0 bridgehead atoms. The Labute approximate surface area is 420 Å². The summed E-state index contributed by atoms with van der Waals surface area (Å²) in [5.74, 6) is -0.109. The van der Waals surface area contributed by atoms with Gasteiger partial charge < -0.3 is 14.2 Å². The lowest BCUT2D eigenvalue weighted by atomic mass is 10.0. The second-order valence-electron chi connectivity index (χ2n) is 19.8. The first-order valence-electron chi connectivity index (χ1n) is 29.3. The minimum Gasteiger partial charge on any atom is -0.463 e. The second-order valence-corrected chi connectivity index (χ2v) is 19.8. The normalized spacial score (nSPS) is 11.1. The quantitative estimate of drug-likeness (QED) is 0.0262. The Hall–Kier alpha value is -2.11. The van der Waals surface area contributed by atoms with E-state index in [1.165, 1.54) is 205 Å². The van der Waals surface area contributed by atoms with Gasteiger partial charge in [-0.1, -0.05) is 258 Å². The number of hydrogen-bond acceptors (Lipinski definition) is 6. The fourth-order valence-corrected chi connectivity index (χ4v) is 7.49. The van der Waals surface area contributed by atoms with Gasteiger partial charge in [-0.05, 0) is 80.1 Å². The average Bonchev–Trinajstić information content (AvgIpc) is 3.27. The summed E-state index contributed by atoms with van der Waals surface area (Å²) >= 11 is 0. The molecule has 67 heavy (non-hydrogen) atoms. The van der Waals surface area contributed by atoms with Crippen molar-refractivity contribution >= 4 is 17.9 Å². The van der Waals surface area contributed by atoms with Crippen LogP contribution in [0.25, 0.3) is 0 Å². The lowest BCUT2D eigenvalue weighted by molar-refractivity contribution is -0.148. The van der Waals surface area contributed by atoms with E-state index in [-0.39, 0.29) is 36.2 Å². The highest BCUT2D eigenvalue weighted by atomic mass is 16.5. The van der Waals surface area contributed by atoms with Gasteiger partial charge >= 0.3 is 17.9 Å². The molecule has 0 fully saturated rings. The van der Waals surface area contributed by atoms with E-state index >= 15 is 0 Å². The van der Waals surface area contributed by atoms with Crippen LogP contribution in [0.5, 0.6) is 0 Å². The lowest BCUT2D eigenvalue weighted by Gasteiger charge is -2.07. The zero-order valence-electron chi connectivity index (χ0n) is 47.3. The number of carbonyl (C=O) groups is 3. The van der Waals surface area contributed by atoms with Crippen molar-refractivity contribution in [3.05, 3.63) is 24.3 Å². The molecule has 0 aliphatic carbocycles. The van der Waals surface area contributed by atoms with Crippen LogP contribution in [0.3, 0.4) is 0 Å². The summed E-state index contributed by atoms with van der Waals surface area (Å²) in [7, 11) is 0. The van der Waals surface area contributed by atoms with Gasteiger partial charge in [0.1, 0.15) is 0 Å². The third-order valence-electron chi connectivity index (χ3n) is 11.4. The van der Waals surface area contributed by atoms with E-state index in [0.29, 0.717) is 19.3 Å². The molecule has 6 nitrogen and oxygen atoms in total. The largest absolute Gasteiger partial charge is 0.463 e. The topological polar surface area (TPSA) is 78.9 Å². The lowest BCUT2D eigenvalue weighted by Crippen LogP contribution is -2.10. The van der Waals surface area contributed by atoms with E-state index in [1.54, 1.807) is 0 Å². The molecule has 0 aromatic rings. The van der Waals surface area contributed by atoms with Crippen LogP contribution >= 0.6 is 0 Å². The van der Waals surface area contributed by atoms with E-state index in [4.69, 9.17) is 14.2 Å². The first kappa shape index (κ1) is 71.4. The number of rotatable bonds is 44. The van der Waals surface area contributed by atoms with Gasteiger partial charge in [-0.3, -0.25) is 14.4 Å². The maximum Gasteiger partial charge on any atom is 0.306 e. The Bertz CT molecular complexity index is 1010. The first-order valence-corrected chi connectivity index (χ1v) is 29.3. The van der Waals surface area contributed by atoms with Gasteiger partial charge in [0.2, 0.25) is 0 Å². The minimum absolute atomic E-state index is 0.0273. The molecule has 0 aromatic carbocycles. The van der Waals surface area contributed by atoms with Crippen LogP contribution in [0.4, 0.5) is 0 Å². The van der Waals surface area contributed by atoms with Crippen LogP contribution in [-0.4, -0.2) is 36.2 Å². The van der Waals surface area contributed by atoms with Crippen molar-refractivity contribution in [3.8, 4) is 0 Å². The number of unbranched alkanes of at least 4 members (excludes halogenated alkanes) is 31. The molecule has 0 spiro atoms. The Kier molecular flexibility index (Phi) is 68.1. The highest BCUT2D eigenvalue weighted by Gasteiger charge is 2.06. The van der Waals surface area contributed by atoms with E-state index in [2.05, 4.69) is 58.9 Å². The summed E-state index contributed by atoms with van der Waals surface area (Å²) in [4.78, 5) is 33.9. The van der Waals surface area contributed by atoms with E-state index < -0.39 is 0 Å². The maximum absolute atomic E-state index is 11.3. The van der Waals surface area contributed by atoms with E-state index in [9.17, 15) is 14.4 Å². The van der Waals surface area contributed by atoms with Gasteiger partial charge in [0, 0.05) is 19.3 Å². The Morgan fingerprint density at radius 1 is 0.299 bits per heavy atom. The molecule has 0 unspecified atom stereocenters. The molecule has 0 rings (SSSR count). The summed E-state index contributed by atoms with van der Waals surface area (Å²) in [5.41, 5.74) is 0. The van der Waals surface area contributed by atoms with Crippen LogP contribution in [0.15, 0.2) is 24.3 Å². The second kappa shape index (κ2) is 63.9. The molecule has 0 heterocycles. The number of allylic oxidation sites excluding steroid dienone is 4. The van der Waals surface area contributed by atoms with Gasteiger partial charge in [0.15, 0.2) is 0 Å². The summed E-state index contributed by atoms with van der Waals surface area (Å²) in [5, 5.41) is 0.